The predicted octanol–water partition coefficient (Wildman–Crippen LogP) is 4.58. The minimum atomic E-state index is 0.101. The van der Waals surface area contributed by atoms with Gasteiger partial charge < -0.3 is 10.1 Å². The second-order valence-corrected chi connectivity index (χ2v) is 6.44. The fraction of sp³-hybridized carbons (Fsp3) is 0.400. The van der Waals surface area contributed by atoms with Crippen molar-refractivity contribution < 1.29 is 9.53 Å². The van der Waals surface area contributed by atoms with E-state index in [1.165, 1.54) is 6.42 Å². The van der Waals surface area contributed by atoms with Gasteiger partial charge >= 0.3 is 0 Å². The monoisotopic (exact) mass is 324 g/mol. The number of hydrogen-bond donors (Lipinski definition) is 1. The number of pyridine rings is 1. The summed E-state index contributed by atoms with van der Waals surface area (Å²) in [5, 5.41) is 3.01. The number of aryl methyl sites for hydroxylation is 1. The Balaban J connectivity index is 1.81. The molecular weight excluding hydrogens is 300 g/mol. The Bertz CT molecular complexity index is 721. The van der Waals surface area contributed by atoms with Crippen LogP contribution in [0.25, 0.3) is 11.1 Å². The van der Waals surface area contributed by atoms with E-state index in [9.17, 15) is 4.79 Å². The van der Waals surface area contributed by atoms with Gasteiger partial charge in [0.1, 0.15) is 11.6 Å². The molecule has 4 heteroatoms. The van der Waals surface area contributed by atoms with Crippen LogP contribution in [0.5, 0.6) is 5.75 Å². The van der Waals surface area contributed by atoms with Crippen LogP contribution in [0.15, 0.2) is 36.4 Å². The molecule has 1 saturated carbocycles. The lowest BCUT2D eigenvalue weighted by Crippen LogP contribution is -2.25. The van der Waals surface area contributed by atoms with Crippen LogP contribution < -0.4 is 10.1 Å². The van der Waals surface area contributed by atoms with Crippen molar-refractivity contribution in [3.63, 3.8) is 0 Å². The number of carbonyl (C=O) groups is 1. The lowest BCUT2D eigenvalue weighted by molar-refractivity contribution is -0.120. The first-order valence-corrected chi connectivity index (χ1v) is 8.59. The van der Waals surface area contributed by atoms with Crippen LogP contribution in [-0.4, -0.2) is 18.0 Å². The van der Waals surface area contributed by atoms with E-state index in [0.29, 0.717) is 5.82 Å². The average Bonchev–Trinajstić information content (AvgIpc) is 2.62. The third-order valence-corrected chi connectivity index (χ3v) is 4.58. The quantitative estimate of drug-likeness (QED) is 0.895. The number of nitrogens with zero attached hydrogens (tertiary/aromatic N) is 1. The third-order valence-electron chi connectivity index (χ3n) is 4.58. The van der Waals surface area contributed by atoms with E-state index in [4.69, 9.17) is 4.74 Å². The lowest BCUT2D eigenvalue weighted by atomic mass is 9.89. The van der Waals surface area contributed by atoms with Crippen molar-refractivity contribution in [1.82, 2.24) is 4.98 Å². The first kappa shape index (κ1) is 16.5. The lowest BCUT2D eigenvalue weighted by Gasteiger charge is -2.20. The third kappa shape index (κ3) is 3.94. The van der Waals surface area contributed by atoms with E-state index >= 15 is 0 Å². The first-order valence-electron chi connectivity index (χ1n) is 8.59. The Morgan fingerprint density at radius 3 is 2.67 bits per heavy atom. The molecule has 24 heavy (non-hydrogen) atoms. The molecule has 0 radical (unpaired) electrons. The van der Waals surface area contributed by atoms with Crippen LogP contribution >= 0.6 is 0 Å². The molecule has 4 nitrogen and oxygen atoms in total. The van der Waals surface area contributed by atoms with Gasteiger partial charge in [-0.1, -0.05) is 31.4 Å². The number of amides is 1. The second kappa shape index (κ2) is 7.47. The van der Waals surface area contributed by atoms with Crippen LogP contribution in [0.1, 0.15) is 37.8 Å². The molecule has 0 spiro atoms. The maximum atomic E-state index is 12.5. The summed E-state index contributed by atoms with van der Waals surface area (Å²) in [4.78, 5) is 16.9. The smallest absolute Gasteiger partial charge is 0.228 e. The maximum Gasteiger partial charge on any atom is 0.228 e. The van der Waals surface area contributed by atoms with Crippen LogP contribution in [-0.2, 0) is 4.79 Å². The largest absolute Gasteiger partial charge is 0.497 e. The fourth-order valence-corrected chi connectivity index (χ4v) is 3.29. The highest BCUT2D eigenvalue weighted by Crippen LogP contribution is 2.28. The van der Waals surface area contributed by atoms with Crippen LogP contribution in [0.2, 0.25) is 0 Å². The van der Waals surface area contributed by atoms with Crippen LogP contribution in [0, 0.1) is 12.8 Å². The molecule has 1 heterocycles. The van der Waals surface area contributed by atoms with E-state index in [1.807, 2.05) is 43.3 Å². The summed E-state index contributed by atoms with van der Waals surface area (Å²) in [7, 11) is 1.66. The predicted molar refractivity (Wildman–Crippen MR) is 96.2 cm³/mol. The molecule has 1 aromatic carbocycles. The minimum absolute atomic E-state index is 0.101. The van der Waals surface area contributed by atoms with Crippen molar-refractivity contribution >= 4 is 11.7 Å². The number of carbonyl (C=O) groups excluding carboxylic acids is 1. The highest BCUT2D eigenvalue weighted by Gasteiger charge is 2.21. The highest BCUT2D eigenvalue weighted by atomic mass is 16.5. The summed E-state index contributed by atoms with van der Waals surface area (Å²) in [6, 6.07) is 11.9. The molecule has 1 aliphatic rings. The van der Waals surface area contributed by atoms with E-state index in [1.54, 1.807) is 7.11 Å². The first-order chi connectivity index (χ1) is 11.7. The number of rotatable bonds is 4. The Kier molecular flexibility index (Phi) is 5.14. The Labute approximate surface area is 143 Å². The number of nitrogens with one attached hydrogen (secondary N) is 1. The van der Waals surface area contributed by atoms with Crippen molar-refractivity contribution in [2.45, 2.75) is 39.0 Å². The molecule has 1 aromatic heterocycles. The van der Waals surface area contributed by atoms with Gasteiger partial charge in [-0.25, -0.2) is 4.98 Å². The van der Waals surface area contributed by atoms with Crippen molar-refractivity contribution in [2.24, 2.45) is 5.92 Å². The Morgan fingerprint density at radius 1 is 1.12 bits per heavy atom. The van der Waals surface area contributed by atoms with Gasteiger partial charge in [0.15, 0.2) is 0 Å². The van der Waals surface area contributed by atoms with E-state index in [2.05, 4.69) is 10.3 Å². The van der Waals surface area contributed by atoms with Gasteiger partial charge in [-0.15, -0.1) is 0 Å². The van der Waals surface area contributed by atoms with Gasteiger partial charge in [0.05, 0.1) is 7.11 Å². The second-order valence-electron chi connectivity index (χ2n) is 6.44. The molecule has 0 atom stereocenters. The highest BCUT2D eigenvalue weighted by molar-refractivity contribution is 5.92. The van der Waals surface area contributed by atoms with Crippen molar-refractivity contribution in [1.29, 1.82) is 0 Å². The SMILES string of the molecule is COc1cccc(-c2cc(C)nc(NC(=O)C3CCCCC3)c2)c1. The van der Waals surface area contributed by atoms with Crippen LogP contribution in [0.4, 0.5) is 5.82 Å². The van der Waals surface area contributed by atoms with Gasteiger partial charge in [-0.05, 0) is 55.2 Å². The normalized spacial score (nSPS) is 15.1. The summed E-state index contributed by atoms with van der Waals surface area (Å²) < 4.78 is 5.30. The molecular formula is C20H24N2O2. The standard InChI is InChI=1S/C20H24N2O2/c1-14-11-17(16-9-6-10-18(12-16)24-2)13-19(21-14)22-20(23)15-7-4-3-5-8-15/h6,9-13,15H,3-5,7-8H2,1-2H3,(H,21,22,23). The summed E-state index contributed by atoms with van der Waals surface area (Å²) in [5.74, 6) is 1.67. The van der Waals surface area contributed by atoms with Gasteiger partial charge in [0.2, 0.25) is 5.91 Å². The number of benzene rings is 1. The summed E-state index contributed by atoms with van der Waals surface area (Å²) >= 11 is 0. The Morgan fingerprint density at radius 2 is 1.92 bits per heavy atom. The van der Waals surface area contributed by atoms with Gasteiger partial charge in [-0.2, -0.15) is 0 Å². The topological polar surface area (TPSA) is 51.2 Å². The molecule has 1 amide bonds. The summed E-state index contributed by atoms with van der Waals surface area (Å²) in [5.41, 5.74) is 2.96. The van der Waals surface area contributed by atoms with Gasteiger partial charge in [0, 0.05) is 11.6 Å². The Hall–Kier alpha value is -2.36. The average molecular weight is 324 g/mol. The number of anilines is 1. The minimum Gasteiger partial charge on any atom is -0.497 e. The summed E-state index contributed by atoms with van der Waals surface area (Å²) in [6.07, 6.45) is 5.51. The molecule has 0 aliphatic heterocycles. The van der Waals surface area contributed by atoms with Crippen molar-refractivity contribution in [2.75, 3.05) is 12.4 Å². The zero-order valence-electron chi connectivity index (χ0n) is 14.3. The number of hydrogen-bond acceptors (Lipinski definition) is 3. The fourth-order valence-electron chi connectivity index (χ4n) is 3.29. The number of methoxy groups -OCH3 is 1. The molecule has 0 unspecified atom stereocenters. The molecule has 1 aliphatic carbocycles. The van der Waals surface area contributed by atoms with Crippen molar-refractivity contribution in [3.8, 4) is 16.9 Å². The molecule has 1 fully saturated rings. The zero-order chi connectivity index (χ0) is 16.9. The maximum absolute atomic E-state index is 12.5. The number of aromatic nitrogens is 1. The molecule has 126 valence electrons. The van der Waals surface area contributed by atoms with E-state index in [-0.39, 0.29) is 11.8 Å². The molecule has 0 bridgehead atoms. The molecule has 0 saturated heterocycles. The van der Waals surface area contributed by atoms with Gasteiger partial charge in [0.25, 0.3) is 0 Å². The molecule has 2 aromatic rings. The van der Waals surface area contributed by atoms with Crippen molar-refractivity contribution in [3.05, 3.63) is 42.1 Å². The molecule has 3 rings (SSSR count). The molecule has 1 N–H and O–H groups in total. The van der Waals surface area contributed by atoms with Gasteiger partial charge in [-0.3, -0.25) is 4.79 Å². The van der Waals surface area contributed by atoms with E-state index < -0.39 is 0 Å². The zero-order valence-corrected chi connectivity index (χ0v) is 14.3. The van der Waals surface area contributed by atoms with Crippen LogP contribution in [0.3, 0.4) is 0 Å². The van der Waals surface area contributed by atoms with E-state index in [0.717, 1.165) is 48.3 Å². The summed E-state index contributed by atoms with van der Waals surface area (Å²) in [6.45, 7) is 1.94. The number of ether oxygens (including phenoxy) is 1.